The molecular weight excluding hydrogens is 264 g/mol. The quantitative estimate of drug-likeness (QED) is 0.509. The minimum Gasteiger partial charge on any atom is -0.459 e. The van der Waals surface area contributed by atoms with E-state index in [1.54, 1.807) is 24.3 Å². The largest absolute Gasteiger partial charge is 0.459 e. The molecule has 0 bridgehead atoms. The van der Waals surface area contributed by atoms with Gasteiger partial charge in [0.05, 0.1) is 24.3 Å². The summed E-state index contributed by atoms with van der Waals surface area (Å²) in [5.74, 6) is -1.10. The molecule has 2 fully saturated rings. The smallest absolute Gasteiger partial charge is 0.339 e. The molecule has 0 aliphatic carbocycles. The number of benzene rings is 1. The van der Waals surface area contributed by atoms with E-state index in [1.165, 1.54) is 0 Å². The van der Waals surface area contributed by atoms with Crippen LogP contribution in [0.2, 0.25) is 0 Å². The number of hydrogen-bond donors (Lipinski definition) is 0. The van der Waals surface area contributed by atoms with Gasteiger partial charge in [-0.1, -0.05) is 12.1 Å². The summed E-state index contributed by atoms with van der Waals surface area (Å²) < 4.78 is 21.4. The van der Waals surface area contributed by atoms with E-state index < -0.39 is 23.1 Å². The standard InChI is InChI=1S/C14H12O6/c15-11-9-3-1-2-4-10(9)12(16)18-6-14(8-20-14)13(5-17-11)7-19-13/h1-4H,5-8H2. The Balaban J connectivity index is 1.71. The van der Waals surface area contributed by atoms with Crippen molar-refractivity contribution in [3.63, 3.8) is 0 Å². The second-order valence-corrected chi connectivity index (χ2v) is 5.26. The van der Waals surface area contributed by atoms with Gasteiger partial charge in [-0.15, -0.1) is 0 Å². The monoisotopic (exact) mass is 276 g/mol. The molecule has 3 aliphatic heterocycles. The topological polar surface area (TPSA) is 77.7 Å². The number of hydrogen-bond acceptors (Lipinski definition) is 6. The van der Waals surface area contributed by atoms with Crippen LogP contribution in [-0.4, -0.2) is 49.6 Å². The van der Waals surface area contributed by atoms with Gasteiger partial charge in [0, 0.05) is 0 Å². The van der Waals surface area contributed by atoms with Crippen molar-refractivity contribution in [3.05, 3.63) is 35.4 Å². The van der Waals surface area contributed by atoms with Gasteiger partial charge in [0.15, 0.2) is 11.2 Å². The zero-order valence-electron chi connectivity index (χ0n) is 10.6. The summed E-state index contributed by atoms with van der Waals surface area (Å²) in [5, 5.41) is 0. The third-order valence-corrected chi connectivity index (χ3v) is 4.06. The molecular formula is C14H12O6. The van der Waals surface area contributed by atoms with Crippen LogP contribution in [0, 0.1) is 0 Å². The molecule has 104 valence electrons. The number of rotatable bonds is 0. The Bertz CT molecular complexity index is 546. The first kappa shape index (κ1) is 11.9. The molecule has 1 aromatic rings. The normalized spacial score (nSPS) is 35.2. The van der Waals surface area contributed by atoms with E-state index in [9.17, 15) is 9.59 Å². The second kappa shape index (κ2) is 3.80. The summed E-state index contributed by atoms with van der Waals surface area (Å²) in [5.41, 5.74) is -0.897. The lowest BCUT2D eigenvalue weighted by Gasteiger charge is -2.22. The first-order chi connectivity index (χ1) is 9.66. The maximum absolute atomic E-state index is 12.1. The second-order valence-electron chi connectivity index (χ2n) is 5.26. The van der Waals surface area contributed by atoms with Crippen molar-refractivity contribution in [2.24, 2.45) is 0 Å². The number of epoxide rings is 2. The Labute approximate surface area is 114 Å². The predicted octanol–water partition coefficient (Wildman–Crippen LogP) is 0.552. The first-order valence-corrected chi connectivity index (χ1v) is 6.37. The molecule has 6 heteroatoms. The third-order valence-electron chi connectivity index (χ3n) is 4.06. The van der Waals surface area contributed by atoms with Crippen LogP contribution in [-0.2, 0) is 18.9 Å². The molecule has 6 nitrogen and oxygen atoms in total. The molecule has 4 rings (SSSR count). The summed E-state index contributed by atoms with van der Waals surface area (Å²) in [7, 11) is 0. The SMILES string of the molecule is O=C1OCC2(CO2)C2(COC(=O)c3ccccc31)CO2. The fourth-order valence-corrected chi connectivity index (χ4v) is 2.49. The molecule has 2 saturated heterocycles. The highest BCUT2D eigenvalue weighted by atomic mass is 16.7. The number of cyclic esters (lactones) is 2. The van der Waals surface area contributed by atoms with Crippen molar-refractivity contribution in [1.82, 2.24) is 0 Å². The molecule has 3 aliphatic rings. The summed E-state index contributed by atoms with van der Waals surface area (Å²) in [6, 6.07) is 6.44. The molecule has 1 aromatic carbocycles. The van der Waals surface area contributed by atoms with Gasteiger partial charge < -0.3 is 18.9 Å². The van der Waals surface area contributed by atoms with E-state index in [4.69, 9.17) is 18.9 Å². The predicted molar refractivity (Wildman–Crippen MR) is 64.4 cm³/mol. The Morgan fingerprint density at radius 1 is 0.750 bits per heavy atom. The van der Waals surface area contributed by atoms with E-state index in [-0.39, 0.29) is 24.3 Å². The molecule has 0 saturated carbocycles. The van der Waals surface area contributed by atoms with Crippen LogP contribution in [0.1, 0.15) is 20.7 Å². The average Bonchev–Trinajstić information content (AvgIpc) is 3.35. The number of esters is 2. The Morgan fingerprint density at radius 3 is 1.50 bits per heavy atom. The maximum atomic E-state index is 12.1. The van der Waals surface area contributed by atoms with E-state index in [1.807, 2.05) is 0 Å². The summed E-state index contributed by atoms with van der Waals surface area (Å²) in [4.78, 5) is 24.2. The number of carbonyl (C=O) groups excluding carboxylic acids is 2. The van der Waals surface area contributed by atoms with Crippen molar-refractivity contribution in [3.8, 4) is 0 Å². The maximum Gasteiger partial charge on any atom is 0.339 e. The Morgan fingerprint density at radius 2 is 1.15 bits per heavy atom. The Hall–Kier alpha value is -1.92. The van der Waals surface area contributed by atoms with E-state index >= 15 is 0 Å². The third kappa shape index (κ3) is 1.58. The number of carbonyl (C=O) groups is 2. The van der Waals surface area contributed by atoms with Crippen LogP contribution >= 0.6 is 0 Å². The molecule has 0 radical (unpaired) electrons. The molecule has 0 N–H and O–H groups in total. The van der Waals surface area contributed by atoms with Gasteiger partial charge in [0.1, 0.15) is 13.2 Å². The van der Waals surface area contributed by atoms with Crippen molar-refractivity contribution < 1.29 is 28.5 Å². The van der Waals surface area contributed by atoms with Crippen LogP contribution in [0.4, 0.5) is 0 Å². The molecule has 0 aromatic heterocycles. The van der Waals surface area contributed by atoms with Gasteiger partial charge in [0.25, 0.3) is 0 Å². The Kier molecular flexibility index (Phi) is 2.26. The highest BCUT2D eigenvalue weighted by Crippen LogP contribution is 2.49. The van der Waals surface area contributed by atoms with Crippen molar-refractivity contribution in [2.45, 2.75) is 11.2 Å². The summed E-state index contributed by atoms with van der Waals surface area (Å²) >= 11 is 0. The lowest BCUT2D eigenvalue weighted by molar-refractivity contribution is -0.000162. The van der Waals surface area contributed by atoms with Crippen LogP contribution in [0.15, 0.2) is 24.3 Å². The fourth-order valence-electron chi connectivity index (χ4n) is 2.49. The minimum atomic E-state index is -0.658. The van der Waals surface area contributed by atoms with Crippen LogP contribution in [0.25, 0.3) is 0 Å². The molecule has 2 spiro atoms. The molecule has 2 unspecified atom stereocenters. The van der Waals surface area contributed by atoms with Gasteiger partial charge in [-0.05, 0) is 12.1 Å². The number of ether oxygens (including phenoxy) is 4. The van der Waals surface area contributed by atoms with Gasteiger partial charge >= 0.3 is 11.9 Å². The number of fused-ring (bicyclic) bond motifs is 2. The zero-order chi connectivity index (χ0) is 13.8. The lowest BCUT2D eigenvalue weighted by Crippen LogP contribution is -2.43. The van der Waals surface area contributed by atoms with Crippen LogP contribution in [0.3, 0.4) is 0 Å². The van der Waals surface area contributed by atoms with E-state index in [2.05, 4.69) is 0 Å². The minimum absolute atomic E-state index is 0.109. The van der Waals surface area contributed by atoms with Crippen molar-refractivity contribution >= 4 is 11.9 Å². The van der Waals surface area contributed by atoms with E-state index in [0.29, 0.717) is 13.2 Å². The molecule has 20 heavy (non-hydrogen) atoms. The van der Waals surface area contributed by atoms with Crippen LogP contribution < -0.4 is 0 Å². The van der Waals surface area contributed by atoms with Crippen molar-refractivity contribution in [2.75, 3.05) is 26.4 Å². The summed E-state index contributed by atoms with van der Waals surface area (Å²) in [6.07, 6.45) is 0. The van der Waals surface area contributed by atoms with Gasteiger partial charge in [0.2, 0.25) is 0 Å². The average molecular weight is 276 g/mol. The molecule has 0 amide bonds. The first-order valence-electron chi connectivity index (χ1n) is 6.37. The van der Waals surface area contributed by atoms with Gasteiger partial charge in [-0.2, -0.15) is 0 Å². The molecule has 2 atom stereocenters. The zero-order valence-corrected chi connectivity index (χ0v) is 10.6. The lowest BCUT2D eigenvalue weighted by atomic mass is 9.94. The van der Waals surface area contributed by atoms with Gasteiger partial charge in [-0.25, -0.2) is 9.59 Å². The highest BCUT2D eigenvalue weighted by molar-refractivity contribution is 6.03. The summed E-state index contributed by atoms with van der Waals surface area (Å²) in [6.45, 7) is 1.11. The molecule has 3 heterocycles. The van der Waals surface area contributed by atoms with Gasteiger partial charge in [-0.3, -0.25) is 0 Å². The van der Waals surface area contributed by atoms with E-state index in [0.717, 1.165) is 0 Å². The van der Waals surface area contributed by atoms with Crippen LogP contribution in [0.5, 0.6) is 0 Å². The fraction of sp³-hybridized carbons (Fsp3) is 0.429. The van der Waals surface area contributed by atoms with Crippen molar-refractivity contribution in [1.29, 1.82) is 0 Å². The highest BCUT2D eigenvalue weighted by Gasteiger charge is 2.71.